The van der Waals surface area contributed by atoms with Gasteiger partial charge in [0.25, 0.3) is 0 Å². The van der Waals surface area contributed by atoms with E-state index in [4.69, 9.17) is 9.47 Å². The van der Waals surface area contributed by atoms with Gasteiger partial charge >= 0.3 is 6.09 Å². The monoisotopic (exact) mass is 298 g/mol. The molecule has 1 aromatic rings. The van der Waals surface area contributed by atoms with Crippen LogP contribution in [-0.4, -0.2) is 41.3 Å². The summed E-state index contributed by atoms with van der Waals surface area (Å²) in [5.74, 6) is 0.399. The molecule has 1 fully saturated rings. The van der Waals surface area contributed by atoms with Crippen molar-refractivity contribution in [3.05, 3.63) is 16.6 Å². The Morgan fingerprint density at radius 3 is 3.00 bits per heavy atom. The average molecular weight is 298 g/mol. The highest BCUT2D eigenvalue weighted by atomic mass is 32.1. The van der Waals surface area contributed by atoms with Crippen molar-refractivity contribution in [1.82, 2.24) is 9.88 Å². The molecule has 0 aliphatic carbocycles. The van der Waals surface area contributed by atoms with Gasteiger partial charge in [-0.15, -0.1) is 11.3 Å². The molecule has 1 saturated heterocycles. The lowest BCUT2D eigenvalue weighted by Gasteiger charge is -2.24. The van der Waals surface area contributed by atoms with Gasteiger partial charge in [0.2, 0.25) is 0 Å². The van der Waals surface area contributed by atoms with Crippen molar-refractivity contribution in [3.8, 4) is 0 Å². The first kappa shape index (κ1) is 15.3. The fourth-order valence-electron chi connectivity index (χ4n) is 2.10. The van der Waals surface area contributed by atoms with Crippen LogP contribution in [0.15, 0.2) is 11.7 Å². The van der Waals surface area contributed by atoms with Crippen LogP contribution in [0.2, 0.25) is 0 Å². The van der Waals surface area contributed by atoms with E-state index in [0.717, 1.165) is 24.4 Å². The second-order valence-corrected chi connectivity index (χ2v) is 7.03. The minimum atomic E-state index is -0.433. The quantitative estimate of drug-likeness (QED) is 0.857. The number of hydrogen-bond donors (Lipinski definition) is 0. The standard InChI is InChI=1S/C14H22N2O3S/c1-14(2,3)19-13(17)16-5-4-11(7-16)8-18-9-12-6-15-10-20-12/h6,10-11H,4-5,7-9H2,1-3H3. The molecule has 20 heavy (non-hydrogen) atoms. The van der Waals surface area contributed by atoms with E-state index in [1.807, 2.05) is 27.0 Å². The maximum atomic E-state index is 11.9. The van der Waals surface area contributed by atoms with Crippen molar-refractivity contribution in [3.63, 3.8) is 0 Å². The number of rotatable bonds is 4. The molecule has 2 rings (SSSR count). The molecule has 0 saturated carbocycles. The summed E-state index contributed by atoms with van der Waals surface area (Å²) in [4.78, 5) is 18.8. The second-order valence-electron chi connectivity index (χ2n) is 6.06. The lowest BCUT2D eigenvalue weighted by molar-refractivity contribution is 0.0272. The number of carbonyl (C=O) groups excluding carboxylic acids is 1. The highest BCUT2D eigenvalue weighted by molar-refractivity contribution is 7.09. The van der Waals surface area contributed by atoms with Gasteiger partial charge in [0.15, 0.2) is 0 Å². The summed E-state index contributed by atoms with van der Waals surface area (Å²) >= 11 is 1.60. The highest BCUT2D eigenvalue weighted by Crippen LogP contribution is 2.20. The van der Waals surface area contributed by atoms with Crippen molar-refractivity contribution >= 4 is 17.4 Å². The molecule has 1 aliphatic rings. The zero-order chi connectivity index (χ0) is 14.6. The van der Waals surface area contributed by atoms with Crippen molar-refractivity contribution in [1.29, 1.82) is 0 Å². The molecule has 0 bridgehead atoms. The molecular formula is C14H22N2O3S. The average Bonchev–Trinajstić information content (AvgIpc) is 2.97. The second kappa shape index (κ2) is 6.54. The molecule has 0 N–H and O–H groups in total. The molecule has 1 aromatic heterocycles. The molecule has 112 valence electrons. The van der Waals surface area contributed by atoms with Gasteiger partial charge < -0.3 is 14.4 Å². The smallest absolute Gasteiger partial charge is 0.410 e. The number of likely N-dealkylation sites (tertiary alicyclic amines) is 1. The van der Waals surface area contributed by atoms with Crippen LogP contribution in [0.4, 0.5) is 4.79 Å². The number of nitrogens with zero attached hydrogens (tertiary/aromatic N) is 2. The van der Waals surface area contributed by atoms with Gasteiger partial charge in [0.05, 0.1) is 23.6 Å². The maximum Gasteiger partial charge on any atom is 0.410 e. The fraction of sp³-hybridized carbons (Fsp3) is 0.714. The first-order chi connectivity index (χ1) is 9.44. The number of ether oxygens (including phenoxy) is 2. The van der Waals surface area contributed by atoms with Crippen LogP contribution in [0.3, 0.4) is 0 Å². The van der Waals surface area contributed by atoms with E-state index in [1.165, 1.54) is 0 Å². The fourth-order valence-corrected chi connectivity index (χ4v) is 2.63. The van der Waals surface area contributed by atoms with Crippen LogP contribution in [0, 0.1) is 5.92 Å². The third-order valence-electron chi connectivity index (χ3n) is 3.02. The number of thiazole rings is 1. The van der Waals surface area contributed by atoms with Crippen molar-refractivity contribution in [2.45, 2.75) is 39.4 Å². The molecule has 0 aromatic carbocycles. The molecule has 6 heteroatoms. The predicted molar refractivity (Wildman–Crippen MR) is 77.7 cm³/mol. The summed E-state index contributed by atoms with van der Waals surface area (Å²) < 4.78 is 11.1. The molecule has 0 radical (unpaired) electrons. The van der Waals surface area contributed by atoms with Crippen LogP contribution in [0.5, 0.6) is 0 Å². The van der Waals surface area contributed by atoms with Crippen molar-refractivity contribution < 1.29 is 14.3 Å². The third kappa shape index (κ3) is 4.76. The van der Waals surface area contributed by atoms with Crippen LogP contribution < -0.4 is 0 Å². The minimum Gasteiger partial charge on any atom is -0.444 e. The lowest BCUT2D eigenvalue weighted by atomic mass is 10.1. The van der Waals surface area contributed by atoms with E-state index in [1.54, 1.807) is 21.7 Å². The zero-order valence-electron chi connectivity index (χ0n) is 12.3. The minimum absolute atomic E-state index is 0.220. The first-order valence-corrected chi connectivity index (χ1v) is 7.75. The Balaban J connectivity index is 1.68. The van der Waals surface area contributed by atoms with Gasteiger partial charge in [-0.1, -0.05) is 0 Å². The van der Waals surface area contributed by atoms with Crippen molar-refractivity contribution in [2.24, 2.45) is 5.92 Å². The summed E-state index contributed by atoms with van der Waals surface area (Å²) in [6, 6.07) is 0. The lowest BCUT2D eigenvalue weighted by Crippen LogP contribution is -2.35. The van der Waals surface area contributed by atoms with Crippen LogP contribution in [0.25, 0.3) is 0 Å². The maximum absolute atomic E-state index is 11.9. The molecule has 2 heterocycles. The summed E-state index contributed by atoms with van der Waals surface area (Å²) in [7, 11) is 0. The van der Waals surface area contributed by atoms with E-state index in [0.29, 0.717) is 19.1 Å². The Labute approximate surface area is 123 Å². The highest BCUT2D eigenvalue weighted by Gasteiger charge is 2.29. The van der Waals surface area contributed by atoms with Gasteiger partial charge in [0, 0.05) is 25.2 Å². The molecule has 1 unspecified atom stereocenters. The molecule has 0 spiro atoms. The zero-order valence-corrected chi connectivity index (χ0v) is 13.1. The van der Waals surface area contributed by atoms with E-state index in [-0.39, 0.29) is 6.09 Å². The van der Waals surface area contributed by atoms with Crippen LogP contribution in [-0.2, 0) is 16.1 Å². The summed E-state index contributed by atoms with van der Waals surface area (Å²) in [5.41, 5.74) is 1.37. The van der Waals surface area contributed by atoms with Crippen molar-refractivity contribution in [2.75, 3.05) is 19.7 Å². The molecule has 1 atom stereocenters. The Morgan fingerprint density at radius 2 is 2.35 bits per heavy atom. The first-order valence-electron chi connectivity index (χ1n) is 6.87. The summed E-state index contributed by atoms with van der Waals surface area (Å²) in [6.07, 6.45) is 2.58. The number of aromatic nitrogens is 1. The Morgan fingerprint density at radius 1 is 1.55 bits per heavy atom. The van der Waals surface area contributed by atoms with E-state index in [2.05, 4.69) is 4.98 Å². The predicted octanol–water partition coefficient (Wildman–Crippen LogP) is 2.92. The largest absolute Gasteiger partial charge is 0.444 e. The van der Waals surface area contributed by atoms with Gasteiger partial charge in [0.1, 0.15) is 5.60 Å². The van der Waals surface area contributed by atoms with Crippen LogP contribution >= 0.6 is 11.3 Å². The number of hydrogen-bond acceptors (Lipinski definition) is 5. The van der Waals surface area contributed by atoms with E-state index >= 15 is 0 Å². The SMILES string of the molecule is CC(C)(C)OC(=O)N1CCC(COCc2cncs2)C1. The summed E-state index contributed by atoms with van der Waals surface area (Å²) in [5, 5.41) is 0. The number of amides is 1. The Hall–Kier alpha value is -1.14. The van der Waals surface area contributed by atoms with Gasteiger partial charge in [-0.2, -0.15) is 0 Å². The third-order valence-corrected chi connectivity index (χ3v) is 3.77. The molecule has 5 nitrogen and oxygen atoms in total. The van der Waals surface area contributed by atoms with Crippen LogP contribution in [0.1, 0.15) is 32.1 Å². The Bertz CT molecular complexity index is 428. The summed E-state index contributed by atoms with van der Waals surface area (Å²) in [6.45, 7) is 8.41. The van der Waals surface area contributed by atoms with E-state index < -0.39 is 5.60 Å². The topological polar surface area (TPSA) is 51.7 Å². The van der Waals surface area contributed by atoms with Gasteiger partial charge in [-0.3, -0.25) is 4.98 Å². The van der Waals surface area contributed by atoms with Gasteiger partial charge in [-0.25, -0.2) is 4.79 Å². The normalized spacial score (nSPS) is 19.4. The molecule has 1 amide bonds. The Kier molecular flexibility index (Phi) is 4.99. The number of carbonyl (C=O) groups is 1. The van der Waals surface area contributed by atoms with E-state index in [9.17, 15) is 4.79 Å². The molecular weight excluding hydrogens is 276 g/mol. The van der Waals surface area contributed by atoms with Gasteiger partial charge in [-0.05, 0) is 27.2 Å². The molecule has 1 aliphatic heterocycles.